The lowest BCUT2D eigenvalue weighted by Gasteiger charge is -2.08. The largest absolute Gasteiger partial charge is 0.471 e. The maximum atomic E-state index is 6.03. The molecular formula is C23H19N5O. The van der Waals surface area contributed by atoms with E-state index < -0.39 is 0 Å². The zero-order chi connectivity index (χ0) is 19.6. The highest BCUT2D eigenvalue weighted by Crippen LogP contribution is 2.28. The monoisotopic (exact) mass is 381 g/mol. The van der Waals surface area contributed by atoms with Gasteiger partial charge in [0.1, 0.15) is 12.9 Å². The summed E-state index contributed by atoms with van der Waals surface area (Å²) in [5, 5.41) is 4.46. The minimum atomic E-state index is 0.444. The van der Waals surface area contributed by atoms with E-state index in [-0.39, 0.29) is 0 Å². The van der Waals surface area contributed by atoms with Crippen molar-refractivity contribution in [2.75, 3.05) is 0 Å². The summed E-state index contributed by atoms with van der Waals surface area (Å²) in [7, 11) is 1.89. The molecule has 0 aliphatic heterocycles. The second-order valence-electron chi connectivity index (χ2n) is 6.82. The van der Waals surface area contributed by atoms with Gasteiger partial charge in [-0.15, -0.1) is 5.10 Å². The third kappa shape index (κ3) is 3.36. The smallest absolute Gasteiger partial charge is 0.241 e. The minimum Gasteiger partial charge on any atom is -0.471 e. The topological polar surface area (TPSA) is 57.8 Å². The molecule has 0 unspecified atom stereocenters. The van der Waals surface area contributed by atoms with E-state index in [1.807, 2.05) is 49.9 Å². The van der Waals surface area contributed by atoms with Gasteiger partial charge in [0.15, 0.2) is 0 Å². The normalized spacial score (nSPS) is 11.1. The molecule has 0 aliphatic rings. The molecule has 0 aliphatic carbocycles. The lowest BCUT2D eigenvalue weighted by atomic mass is 10.1. The molecule has 3 aromatic heterocycles. The highest BCUT2D eigenvalue weighted by atomic mass is 16.5. The van der Waals surface area contributed by atoms with E-state index >= 15 is 0 Å². The van der Waals surface area contributed by atoms with Gasteiger partial charge in [-0.2, -0.15) is 0 Å². The summed E-state index contributed by atoms with van der Waals surface area (Å²) in [5.74, 6) is 0.614. The Balaban J connectivity index is 1.35. The predicted molar refractivity (Wildman–Crippen MR) is 112 cm³/mol. The van der Waals surface area contributed by atoms with Gasteiger partial charge in [-0.1, -0.05) is 24.3 Å². The van der Waals surface area contributed by atoms with Crippen LogP contribution in [0.25, 0.3) is 27.8 Å². The average molecular weight is 381 g/mol. The number of fused-ring (bicyclic) bond motifs is 1. The first-order valence-corrected chi connectivity index (χ1v) is 9.36. The number of nitrogens with zero attached hydrogens (tertiary/aromatic N) is 5. The van der Waals surface area contributed by atoms with E-state index in [1.165, 1.54) is 0 Å². The van der Waals surface area contributed by atoms with Gasteiger partial charge in [-0.05, 0) is 47.5 Å². The summed E-state index contributed by atoms with van der Waals surface area (Å²) in [6, 6.07) is 20.3. The molecule has 5 rings (SSSR count). The Morgan fingerprint density at radius 3 is 2.55 bits per heavy atom. The summed E-state index contributed by atoms with van der Waals surface area (Å²) in [4.78, 5) is 8.53. The first-order valence-electron chi connectivity index (χ1n) is 9.36. The Kier molecular flexibility index (Phi) is 4.29. The quantitative estimate of drug-likeness (QED) is 0.453. The van der Waals surface area contributed by atoms with Crippen LogP contribution >= 0.6 is 0 Å². The second kappa shape index (κ2) is 7.24. The number of aromatic nitrogens is 5. The first kappa shape index (κ1) is 17.2. The molecule has 5 aromatic rings. The van der Waals surface area contributed by atoms with Crippen molar-refractivity contribution in [3.05, 3.63) is 91.1 Å². The molecule has 2 aromatic carbocycles. The van der Waals surface area contributed by atoms with E-state index in [2.05, 4.69) is 50.0 Å². The van der Waals surface area contributed by atoms with Crippen LogP contribution in [0.4, 0.5) is 0 Å². The van der Waals surface area contributed by atoms with Crippen molar-refractivity contribution in [2.45, 2.75) is 6.61 Å². The van der Waals surface area contributed by atoms with Crippen molar-refractivity contribution in [3.8, 4) is 22.7 Å². The molecule has 0 radical (unpaired) electrons. The van der Waals surface area contributed by atoms with Gasteiger partial charge in [0.2, 0.25) is 5.88 Å². The molecule has 142 valence electrons. The number of hydrogen-bond donors (Lipinski definition) is 0. The Bertz CT molecular complexity index is 1260. The SMILES string of the molecule is Cn1cc(-c2ccncc2)c(OCc2ccc(-n3cnc4ccccc43)cc2)n1. The highest BCUT2D eigenvalue weighted by Gasteiger charge is 2.11. The molecule has 3 heterocycles. The Hall–Kier alpha value is -3.93. The van der Waals surface area contributed by atoms with Crippen LogP contribution in [-0.2, 0) is 13.7 Å². The number of aryl methyl sites for hydroxylation is 1. The molecular weight excluding hydrogens is 362 g/mol. The van der Waals surface area contributed by atoms with Crippen LogP contribution in [0.5, 0.6) is 5.88 Å². The van der Waals surface area contributed by atoms with Gasteiger partial charge in [0, 0.05) is 31.3 Å². The molecule has 0 spiro atoms. The Morgan fingerprint density at radius 2 is 1.72 bits per heavy atom. The van der Waals surface area contributed by atoms with Crippen molar-refractivity contribution in [2.24, 2.45) is 7.05 Å². The van der Waals surface area contributed by atoms with Gasteiger partial charge < -0.3 is 4.74 Å². The van der Waals surface area contributed by atoms with Gasteiger partial charge in [0.25, 0.3) is 0 Å². The molecule has 0 fully saturated rings. The second-order valence-corrected chi connectivity index (χ2v) is 6.82. The molecule has 29 heavy (non-hydrogen) atoms. The summed E-state index contributed by atoms with van der Waals surface area (Å²) in [6.45, 7) is 0.444. The zero-order valence-electron chi connectivity index (χ0n) is 15.9. The van der Waals surface area contributed by atoms with Crippen LogP contribution in [0, 0.1) is 0 Å². The van der Waals surface area contributed by atoms with Crippen molar-refractivity contribution in [1.29, 1.82) is 0 Å². The fourth-order valence-corrected chi connectivity index (χ4v) is 3.37. The van der Waals surface area contributed by atoms with E-state index in [0.29, 0.717) is 12.5 Å². The predicted octanol–water partition coefficient (Wildman–Crippen LogP) is 4.40. The van der Waals surface area contributed by atoms with Crippen molar-refractivity contribution in [1.82, 2.24) is 24.3 Å². The molecule has 0 saturated carbocycles. The van der Waals surface area contributed by atoms with Crippen LogP contribution in [0.3, 0.4) is 0 Å². The van der Waals surface area contributed by atoms with Crippen LogP contribution in [0.2, 0.25) is 0 Å². The fourth-order valence-electron chi connectivity index (χ4n) is 3.37. The number of para-hydroxylation sites is 2. The van der Waals surface area contributed by atoms with Crippen LogP contribution in [0.15, 0.2) is 85.6 Å². The van der Waals surface area contributed by atoms with Gasteiger partial charge in [0.05, 0.1) is 16.6 Å². The van der Waals surface area contributed by atoms with E-state index in [9.17, 15) is 0 Å². The first-order chi connectivity index (χ1) is 14.3. The fraction of sp³-hybridized carbons (Fsp3) is 0.0870. The maximum absolute atomic E-state index is 6.03. The lowest BCUT2D eigenvalue weighted by Crippen LogP contribution is -1.99. The van der Waals surface area contributed by atoms with E-state index in [1.54, 1.807) is 17.1 Å². The van der Waals surface area contributed by atoms with Gasteiger partial charge in [-0.3, -0.25) is 14.2 Å². The molecule has 0 N–H and O–H groups in total. The average Bonchev–Trinajstić information content (AvgIpc) is 3.37. The number of hydrogen-bond acceptors (Lipinski definition) is 4. The third-order valence-corrected chi connectivity index (χ3v) is 4.83. The number of ether oxygens (including phenoxy) is 1. The summed E-state index contributed by atoms with van der Waals surface area (Å²) in [5.41, 5.74) is 6.20. The summed E-state index contributed by atoms with van der Waals surface area (Å²) >= 11 is 0. The molecule has 6 heteroatoms. The van der Waals surface area contributed by atoms with Crippen LogP contribution in [-0.4, -0.2) is 24.3 Å². The van der Waals surface area contributed by atoms with E-state index in [0.717, 1.165) is 33.4 Å². The van der Waals surface area contributed by atoms with Crippen molar-refractivity contribution < 1.29 is 4.74 Å². The third-order valence-electron chi connectivity index (χ3n) is 4.83. The summed E-state index contributed by atoms with van der Waals surface area (Å²) < 4.78 is 9.87. The highest BCUT2D eigenvalue weighted by molar-refractivity contribution is 5.77. The van der Waals surface area contributed by atoms with Crippen LogP contribution in [0.1, 0.15) is 5.56 Å². The van der Waals surface area contributed by atoms with E-state index in [4.69, 9.17) is 4.74 Å². The number of pyridine rings is 1. The van der Waals surface area contributed by atoms with Crippen molar-refractivity contribution >= 4 is 11.0 Å². The number of rotatable bonds is 5. The standard InChI is InChI=1S/C23H19N5O/c1-27-14-20(18-10-12-24-13-11-18)23(26-27)29-15-17-6-8-19(9-7-17)28-16-25-21-4-2-3-5-22(21)28/h2-14,16H,15H2,1H3. The molecule has 0 atom stereocenters. The molecule has 6 nitrogen and oxygen atoms in total. The number of imidazole rings is 1. The Morgan fingerprint density at radius 1 is 0.931 bits per heavy atom. The molecule has 0 saturated heterocycles. The van der Waals surface area contributed by atoms with Crippen LogP contribution < -0.4 is 4.74 Å². The number of benzene rings is 2. The van der Waals surface area contributed by atoms with Gasteiger partial charge in [-0.25, -0.2) is 4.98 Å². The molecule has 0 amide bonds. The molecule has 0 bridgehead atoms. The Labute approximate surface area is 168 Å². The maximum Gasteiger partial charge on any atom is 0.241 e. The summed E-state index contributed by atoms with van der Waals surface area (Å²) in [6.07, 6.45) is 7.35. The minimum absolute atomic E-state index is 0.444. The lowest BCUT2D eigenvalue weighted by molar-refractivity contribution is 0.292. The zero-order valence-corrected chi connectivity index (χ0v) is 15.9. The van der Waals surface area contributed by atoms with Gasteiger partial charge >= 0.3 is 0 Å². The van der Waals surface area contributed by atoms with Crippen molar-refractivity contribution in [3.63, 3.8) is 0 Å².